The van der Waals surface area contributed by atoms with Crippen LogP contribution >= 0.6 is 11.6 Å². The van der Waals surface area contributed by atoms with Gasteiger partial charge in [-0.2, -0.15) is 4.31 Å². The zero-order valence-electron chi connectivity index (χ0n) is 19.1. The molecule has 184 valence electrons. The number of rotatable bonds is 10. The predicted octanol–water partition coefficient (Wildman–Crippen LogP) is 2.96. The van der Waals surface area contributed by atoms with Gasteiger partial charge in [-0.25, -0.2) is 18.0 Å². The molecular weight excluding hydrogens is 488 g/mol. The molecule has 1 amide bonds. The monoisotopic (exact) mass is 512 g/mol. The number of carbonyl (C=O) groups is 3. The van der Waals surface area contributed by atoms with Crippen LogP contribution in [-0.4, -0.2) is 64.5 Å². The molecular formula is C22H25ClN2O8S. The number of carbonyl (C=O) groups excluding carboxylic acids is 3. The molecule has 1 N–H and O–H groups in total. The molecule has 2 rings (SSSR count). The van der Waals surface area contributed by atoms with Crippen LogP contribution < -0.4 is 10.1 Å². The minimum Gasteiger partial charge on any atom is -0.492 e. The molecule has 10 nitrogen and oxygen atoms in total. The number of sulfonamides is 1. The number of anilines is 1. The maximum Gasteiger partial charge on any atom is 0.337 e. The molecule has 12 heteroatoms. The van der Waals surface area contributed by atoms with Crippen molar-refractivity contribution < 1.29 is 37.0 Å². The molecule has 0 aliphatic heterocycles. The fourth-order valence-electron chi connectivity index (χ4n) is 2.96. The summed E-state index contributed by atoms with van der Waals surface area (Å²) in [5.74, 6) is -1.81. The molecule has 0 aromatic heterocycles. The first-order valence-electron chi connectivity index (χ1n) is 10.1. The van der Waals surface area contributed by atoms with Crippen LogP contribution in [0.25, 0.3) is 0 Å². The Morgan fingerprint density at radius 2 is 1.56 bits per heavy atom. The third-order valence-corrected chi connectivity index (χ3v) is 6.78. The Morgan fingerprint density at radius 1 is 0.971 bits per heavy atom. The van der Waals surface area contributed by atoms with E-state index in [9.17, 15) is 22.8 Å². The Bertz CT molecular complexity index is 1150. The lowest BCUT2D eigenvalue weighted by Gasteiger charge is -2.20. The number of ether oxygens (including phenoxy) is 3. The highest BCUT2D eigenvalue weighted by Gasteiger charge is 2.26. The van der Waals surface area contributed by atoms with E-state index >= 15 is 0 Å². The van der Waals surface area contributed by atoms with Gasteiger partial charge in [-0.05, 0) is 43.3 Å². The highest BCUT2D eigenvalue weighted by molar-refractivity contribution is 7.89. The highest BCUT2D eigenvalue weighted by atomic mass is 35.5. The Balaban J connectivity index is 2.27. The smallest absolute Gasteiger partial charge is 0.337 e. The molecule has 0 aliphatic carbocycles. The zero-order chi connectivity index (χ0) is 25.5. The topological polar surface area (TPSA) is 128 Å². The van der Waals surface area contributed by atoms with Crippen LogP contribution in [0.5, 0.6) is 5.75 Å². The Kier molecular flexibility index (Phi) is 9.42. The number of nitrogens with one attached hydrogen (secondary N) is 1. The number of halogens is 1. The van der Waals surface area contributed by atoms with Crippen molar-refractivity contribution in [2.75, 3.05) is 39.2 Å². The first-order chi connectivity index (χ1) is 16.1. The Hall–Kier alpha value is -3.15. The maximum absolute atomic E-state index is 13.1. The summed E-state index contributed by atoms with van der Waals surface area (Å²) in [5, 5.41) is 2.62. The van der Waals surface area contributed by atoms with Crippen molar-refractivity contribution in [2.24, 2.45) is 0 Å². The van der Waals surface area contributed by atoms with Gasteiger partial charge in [0.15, 0.2) is 0 Å². The molecule has 2 aromatic carbocycles. The molecule has 2 aromatic rings. The van der Waals surface area contributed by atoms with Crippen LogP contribution in [-0.2, 0) is 24.3 Å². The van der Waals surface area contributed by atoms with E-state index in [1.54, 1.807) is 13.8 Å². The molecule has 34 heavy (non-hydrogen) atoms. The summed E-state index contributed by atoms with van der Waals surface area (Å²) in [6.45, 7) is 3.18. The molecule has 0 bridgehead atoms. The largest absolute Gasteiger partial charge is 0.492 e. The summed E-state index contributed by atoms with van der Waals surface area (Å²) >= 11 is 6.12. The second-order valence-corrected chi connectivity index (χ2v) is 9.13. The molecule has 0 unspecified atom stereocenters. The van der Waals surface area contributed by atoms with Crippen molar-refractivity contribution in [2.45, 2.75) is 18.7 Å². The van der Waals surface area contributed by atoms with Crippen LogP contribution in [0, 0.1) is 0 Å². The third kappa shape index (κ3) is 6.46. The van der Waals surface area contributed by atoms with E-state index in [1.165, 1.54) is 50.6 Å². The maximum atomic E-state index is 13.1. The van der Waals surface area contributed by atoms with Gasteiger partial charge in [-0.3, -0.25) is 4.79 Å². The fourth-order valence-corrected chi connectivity index (χ4v) is 4.69. The van der Waals surface area contributed by atoms with E-state index in [0.717, 1.165) is 4.31 Å². The standard InChI is InChI=1S/C22H25ClN2O8S/c1-5-25(34(29,30)17-7-8-19(33-6-2)18(23)12-17)13-20(26)24-16-10-14(21(27)31-3)9-15(11-16)22(28)32-4/h7-12H,5-6,13H2,1-4H3,(H,24,26). The van der Waals surface area contributed by atoms with Gasteiger partial charge < -0.3 is 19.5 Å². The Morgan fingerprint density at radius 3 is 2.03 bits per heavy atom. The number of benzene rings is 2. The van der Waals surface area contributed by atoms with E-state index in [1.807, 2.05) is 0 Å². The van der Waals surface area contributed by atoms with Crippen LogP contribution in [0.3, 0.4) is 0 Å². The van der Waals surface area contributed by atoms with E-state index in [4.69, 9.17) is 16.3 Å². The minimum absolute atomic E-state index is 0.00378. The van der Waals surface area contributed by atoms with Crippen LogP contribution in [0.15, 0.2) is 41.3 Å². The van der Waals surface area contributed by atoms with Crippen molar-refractivity contribution in [3.8, 4) is 5.75 Å². The van der Waals surface area contributed by atoms with E-state index in [0.29, 0.717) is 12.4 Å². The number of nitrogens with zero attached hydrogens (tertiary/aromatic N) is 1. The SMILES string of the molecule is CCOc1ccc(S(=O)(=O)N(CC)CC(=O)Nc2cc(C(=O)OC)cc(C(=O)OC)c2)cc1Cl. The Labute approximate surface area is 202 Å². The third-order valence-electron chi connectivity index (χ3n) is 4.57. The number of hydrogen-bond acceptors (Lipinski definition) is 8. The number of methoxy groups -OCH3 is 2. The van der Waals surface area contributed by atoms with Gasteiger partial charge in [0.25, 0.3) is 0 Å². The van der Waals surface area contributed by atoms with Crippen LogP contribution in [0.1, 0.15) is 34.6 Å². The normalized spacial score (nSPS) is 11.1. The van der Waals surface area contributed by atoms with Gasteiger partial charge in [-0.1, -0.05) is 18.5 Å². The van der Waals surface area contributed by atoms with Gasteiger partial charge in [0.05, 0.1) is 48.4 Å². The number of amides is 1. The van der Waals surface area contributed by atoms with E-state index in [2.05, 4.69) is 14.8 Å². The average molecular weight is 513 g/mol. The zero-order valence-corrected chi connectivity index (χ0v) is 20.7. The first kappa shape index (κ1) is 27.1. The highest BCUT2D eigenvalue weighted by Crippen LogP contribution is 2.28. The molecule has 0 atom stereocenters. The predicted molar refractivity (Wildman–Crippen MR) is 125 cm³/mol. The van der Waals surface area contributed by atoms with Gasteiger partial charge in [0.2, 0.25) is 15.9 Å². The molecule has 0 aliphatic rings. The minimum atomic E-state index is -4.06. The molecule has 0 spiro atoms. The van der Waals surface area contributed by atoms with E-state index in [-0.39, 0.29) is 33.3 Å². The number of hydrogen-bond donors (Lipinski definition) is 1. The lowest BCUT2D eigenvalue weighted by molar-refractivity contribution is -0.116. The van der Waals surface area contributed by atoms with Gasteiger partial charge in [-0.15, -0.1) is 0 Å². The molecule has 0 heterocycles. The van der Waals surface area contributed by atoms with Crippen LogP contribution in [0.2, 0.25) is 5.02 Å². The summed E-state index contributed by atoms with van der Waals surface area (Å²) in [6.07, 6.45) is 0. The van der Waals surface area contributed by atoms with Crippen molar-refractivity contribution in [1.29, 1.82) is 0 Å². The van der Waals surface area contributed by atoms with Gasteiger partial charge in [0.1, 0.15) is 5.75 Å². The second kappa shape index (κ2) is 11.8. The fraction of sp³-hybridized carbons (Fsp3) is 0.318. The average Bonchev–Trinajstić information content (AvgIpc) is 2.82. The summed E-state index contributed by atoms with van der Waals surface area (Å²) in [6, 6.07) is 7.89. The summed E-state index contributed by atoms with van der Waals surface area (Å²) in [5.41, 5.74) is 0.0975. The quantitative estimate of drug-likeness (QED) is 0.481. The summed E-state index contributed by atoms with van der Waals surface area (Å²) in [7, 11) is -1.72. The molecule has 0 saturated carbocycles. The number of esters is 2. The molecule has 0 fully saturated rings. The number of likely N-dealkylation sites (N-methyl/N-ethyl adjacent to an activating group) is 1. The lowest BCUT2D eigenvalue weighted by atomic mass is 10.1. The summed E-state index contributed by atoms with van der Waals surface area (Å²) < 4.78 is 41.7. The van der Waals surface area contributed by atoms with Gasteiger partial charge in [0, 0.05) is 12.2 Å². The van der Waals surface area contributed by atoms with Crippen molar-refractivity contribution in [3.63, 3.8) is 0 Å². The van der Waals surface area contributed by atoms with Gasteiger partial charge >= 0.3 is 11.9 Å². The lowest BCUT2D eigenvalue weighted by Crippen LogP contribution is -2.37. The summed E-state index contributed by atoms with van der Waals surface area (Å²) in [4.78, 5) is 36.4. The first-order valence-corrected chi connectivity index (χ1v) is 11.9. The van der Waals surface area contributed by atoms with E-state index < -0.39 is 34.4 Å². The van der Waals surface area contributed by atoms with Crippen LogP contribution in [0.4, 0.5) is 5.69 Å². The van der Waals surface area contributed by atoms with Crippen molar-refractivity contribution >= 4 is 45.2 Å². The van der Waals surface area contributed by atoms with Crippen molar-refractivity contribution in [1.82, 2.24) is 4.31 Å². The second-order valence-electron chi connectivity index (χ2n) is 6.79. The van der Waals surface area contributed by atoms with Crippen molar-refractivity contribution in [3.05, 3.63) is 52.5 Å². The molecule has 0 radical (unpaired) electrons. The molecule has 0 saturated heterocycles.